The van der Waals surface area contributed by atoms with Crippen LogP contribution >= 0.6 is 12.8 Å². The normalized spacial score (nSPS) is 15.6. The highest BCUT2D eigenvalue weighted by molar-refractivity contribution is 7.86. The van der Waals surface area contributed by atoms with Crippen molar-refractivity contribution in [3.05, 3.63) is 12.4 Å². The zero-order chi connectivity index (χ0) is 16.0. The van der Waals surface area contributed by atoms with Gasteiger partial charge in [-0.3, -0.25) is 4.55 Å². The topological polar surface area (TPSA) is 60.9 Å². The van der Waals surface area contributed by atoms with Crippen LogP contribution < -0.4 is 0 Å². The molecule has 1 heterocycles. The first-order valence-electron chi connectivity index (χ1n) is 5.53. The van der Waals surface area contributed by atoms with Crippen LogP contribution in [0.25, 0.3) is 0 Å². The lowest BCUT2D eigenvalue weighted by Gasteiger charge is -2.16. The van der Waals surface area contributed by atoms with Gasteiger partial charge in [0.05, 0.1) is 6.67 Å². The number of hydrogen-bond acceptors (Lipinski definition) is 5. The van der Waals surface area contributed by atoms with Gasteiger partial charge in [0.25, 0.3) is 0 Å². The first-order chi connectivity index (χ1) is 9.02. The highest BCUT2D eigenvalue weighted by Gasteiger charge is 2.53. The number of hydrogen-bond donors (Lipinski definition) is 2. The van der Waals surface area contributed by atoms with Crippen molar-refractivity contribution in [1.82, 2.24) is 9.21 Å². The molecular formula is C9H16F4N2O3S2. The second-order valence-electron chi connectivity index (χ2n) is 3.88. The van der Waals surface area contributed by atoms with Gasteiger partial charge < -0.3 is 9.21 Å². The summed E-state index contributed by atoms with van der Waals surface area (Å²) < 4.78 is 73.2. The van der Waals surface area contributed by atoms with Gasteiger partial charge in [-0.2, -0.15) is 17.2 Å². The van der Waals surface area contributed by atoms with Crippen molar-refractivity contribution in [1.29, 1.82) is 0 Å². The smallest absolute Gasteiger partial charge is 0.358 e. The fraction of sp³-hybridized carbons (Fsp3) is 0.778. The van der Waals surface area contributed by atoms with Crippen LogP contribution in [0.4, 0.5) is 17.6 Å². The fourth-order valence-corrected chi connectivity index (χ4v) is 1.52. The largest absolute Gasteiger partial charge is 0.428 e. The minimum atomic E-state index is -5.98. The first kappa shape index (κ1) is 19.3. The number of rotatable bonds is 5. The molecule has 1 aliphatic rings. The third kappa shape index (κ3) is 6.18. The third-order valence-corrected chi connectivity index (χ3v) is 3.30. The molecule has 1 N–H and O–H groups in total. The Balaban J connectivity index is 0.000000361. The first-order valence-corrected chi connectivity index (χ1v) is 7.37. The van der Waals surface area contributed by atoms with Gasteiger partial charge in [-0.25, -0.2) is 8.78 Å². The molecule has 0 radical (unpaired) electrons. The van der Waals surface area contributed by atoms with Crippen LogP contribution in [0, 0.1) is 0 Å². The lowest BCUT2D eigenvalue weighted by molar-refractivity contribution is -0.0687. The van der Waals surface area contributed by atoms with Crippen molar-refractivity contribution in [3.63, 3.8) is 0 Å². The predicted molar refractivity (Wildman–Crippen MR) is 68.9 cm³/mol. The van der Waals surface area contributed by atoms with E-state index in [2.05, 4.69) is 30.8 Å². The minimum absolute atomic E-state index is 0.934. The van der Waals surface area contributed by atoms with E-state index in [9.17, 15) is 26.0 Å². The summed E-state index contributed by atoms with van der Waals surface area (Å²) in [6.45, 7) is 4.30. The van der Waals surface area contributed by atoms with E-state index >= 15 is 0 Å². The molecule has 0 saturated carbocycles. The zero-order valence-corrected chi connectivity index (χ0v) is 12.3. The van der Waals surface area contributed by atoms with Gasteiger partial charge >= 0.3 is 21.8 Å². The van der Waals surface area contributed by atoms with Gasteiger partial charge in [-0.1, -0.05) is 26.2 Å². The standard InChI is InChI=1S/C7H14N2S.C2H2F4O3S/c1-2-3-4-8-5-6-9(10)7-8;3-1(4)2(5,6)10(7,8)9/h5-6,10H,2-4,7H2,1H3;1H,(H,7,8,9). The van der Waals surface area contributed by atoms with E-state index in [1.165, 1.54) is 12.8 Å². The van der Waals surface area contributed by atoms with Crippen LogP contribution in [0.15, 0.2) is 12.4 Å². The number of halogens is 4. The molecule has 5 nitrogen and oxygen atoms in total. The van der Waals surface area contributed by atoms with E-state index in [0.29, 0.717) is 0 Å². The van der Waals surface area contributed by atoms with Crippen molar-refractivity contribution < 1.29 is 30.5 Å². The number of unbranched alkanes of at least 4 members (excludes halogenated alkanes) is 1. The van der Waals surface area contributed by atoms with E-state index in [1.54, 1.807) is 0 Å². The molecule has 1 aliphatic heterocycles. The summed E-state index contributed by atoms with van der Waals surface area (Å²) >= 11 is 4.18. The maximum Gasteiger partial charge on any atom is 0.428 e. The van der Waals surface area contributed by atoms with E-state index in [1.807, 2.05) is 10.5 Å². The molecule has 0 spiro atoms. The number of alkyl halides is 4. The lowest BCUT2D eigenvalue weighted by atomic mass is 10.3. The molecule has 1 rings (SSSR count). The zero-order valence-electron chi connectivity index (χ0n) is 10.6. The maximum atomic E-state index is 11.5. The fourth-order valence-electron chi connectivity index (χ4n) is 1.07. The van der Waals surface area contributed by atoms with Crippen molar-refractivity contribution >= 4 is 22.9 Å². The Morgan fingerprint density at radius 1 is 1.40 bits per heavy atom. The van der Waals surface area contributed by atoms with E-state index < -0.39 is 21.8 Å². The maximum absolute atomic E-state index is 11.5. The van der Waals surface area contributed by atoms with Crippen LogP contribution in [-0.2, 0) is 10.1 Å². The second kappa shape index (κ2) is 7.93. The molecule has 0 aliphatic carbocycles. The second-order valence-corrected chi connectivity index (χ2v) is 5.89. The summed E-state index contributed by atoms with van der Waals surface area (Å²) in [5.74, 6) is 0. The quantitative estimate of drug-likeness (QED) is 0.457. The molecule has 0 bridgehead atoms. The van der Waals surface area contributed by atoms with Gasteiger partial charge in [-0.05, 0) is 6.42 Å². The van der Waals surface area contributed by atoms with Gasteiger partial charge in [0.1, 0.15) is 0 Å². The minimum Gasteiger partial charge on any atom is -0.358 e. The molecule has 0 atom stereocenters. The summed E-state index contributed by atoms with van der Waals surface area (Å²) in [5, 5.41) is -5.37. The molecule has 20 heavy (non-hydrogen) atoms. The average molecular weight is 340 g/mol. The van der Waals surface area contributed by atoms with Crippen LogP contribution in [0.1, 0.15) is 19.8 Å². The molecule has 0 fully saturated rings. The third-order valence-electron chi connectivity index (χ3n) is 2.17. The lowest BCUT2D eigenvalue weighted by Crippen LogP contribution is -2.35. The average Bonchev–Trinajstić information content (AvgIpc) is 2.71. The Bertz CT molecular complexity index is 417. The SMILES string of the molecule is CCCCN1C=CN(S)C1.O=S(=O)(O)C(F)(F)C(F)F. The number of nitrogens with zero attached hydrogens (tertiary/aromatic N) is 2. The van der Waals surface area contributed by atoms with Crippen molar-refractivity contribution in [2.45, 2.75) is 31.4 Å². The van der Waals surface area contributed by atoms with Gasteiger partial charge in [0.2, 0.25) is 0 Å². The molecule has 0 unspecified atom stereocenters. The summed E-state index contributed by atoms with van der Waals surface area (Å²) in [6.07, 6.45) is 2.19. The summed E-state index contributed by atoms with van der Waals surface area (Å²) in [4.78, 5) is 2.26. The van der Waals surface area contributed by atoms with E-state index in [-0.39, 0.29) is 0 Å². The van der Waals surface area contributed by atoms with Crippen LogP contribution in [0.3, 0.4) is 0 Å². The monoisotopic (exact) mass is 340 g/mol. The number of thiol groups is 1. The molecule has 11 heteroatoms. The van der Waals surface area contributed by atoms with Gasteiger partial charge in [-0.15, -0.1) is 0 Å². The van der Waals surface area contributed by atoms with E-state index in [4.69, 9.17) is 4.55 Å². The Kier molecular flexibility index (Phi) is 7.66. The summed E-state index contributed by atoms with van der Waals surface area (Å²) in [7, 11) is -5.98. The van der Waals surface area contributed by atoms with Crippen LogP contribution in [-0.4, -0.2) is 47.1 Å². The van der Waals surface area contributed by atoms with Crippen LogP contribution in [0.5, 0.6) is 0 Å². The molecular weight excluding hydrogens is 324 g/mol. The summed E-state index contributed by atoms with van der Waals surface area (Å²) in [5.41, 5.74) is 0. The molecule has 120 valence electrons. The highest BCUT2D eigenvalue weighted by atomic mass is 32.2. The van der Waals surface area contributed by atoms with Gasteiger partial charge in [0.15, 0.2) is 0 Å². The molecule has 0 saturated heterocycles. The van der Waals surface area contributed by atoms with Crippen molar-refractivity contribution in [2.75, 3.05) is 13.2 Å². The molecule has 0 aromatic rings. The van der Waals surface area contributed by atoms with Gasteiger partial charge in [0, 0.05) is 18.9 Å². The molecule has 0 aromatic carbocycles. The molecule has 0 aromatic heterocycles. The Hall–Kier alpha value is -0.680. The Morgan fingerprint density at radius 3 is 2.20 bits per heavy atom. The van der Waals surface area contributed by atoms with Crippen molar-refractivity contribution in [3.8, 4) is 0 Å². The summed E-state index contributed by atoms with van der Waals surface area (Å²) in [6, 6.07) is 0. The van der Waals surface area contributed by atoms with Crippen molar-refractivity contribution in [2.24, 2.45) is 0 Å². The molecule has 0 amide bonds. The van der Waals surface area contributed by atoms with E-state index in [0.717, 1.165) is 13.2 Å². The highest BCUT2D eigenvalue weighted by Crippen LogP contribution is 2.27. The Labute approximate surface area is 120 Å². The Morgan fingerprint density at radius 2 is 1.95 bits per heavy atom. The van der Waals surface area contributed by atoms with Crippen LogP contribution in [0.2, 0.25) is 0 Å². The predicted octanol–water partition coefficient (Wildman–Crippen LogP) is 2.41.